The molecule has 0 aliphatic rings. The molecule has 0 saturated heterocycles. The zero-order valence-electron chi connectivity index (χ0n) is 14.7. The minimum atomic E-state index is -0.465. The molecule has 1 unspecified atom stereocenters. The Hall–Kier alpha value is -1.55. The maximum Gasteiger partial charge on any atom is 0.407 e. The first-order chi connectivity index (χ1) is 10.2. The Balaban J connectivity index is 2.56. The smallest absolute Gasteiger partial charge is 0.407 e. The largest absolute Gasteiger partial charge is 0.444 e. The van der Waals surface area contributed by atoms with Gasteiger partial charge in [0.1, 0.15) is 5.60 Å². The number of carbonyl (C=O) groups excluding carboxylic acids is 1. The van der Waals surface area contributed by atoms with E-state index in [1.165, 1.54) is 5.56 Å². The summed E-state index contributed by atoms with van der Waals surface area (Å²) in [5, 5.41) is 2.88. The van der Waals surface area contributed by atoms with E-state index < -0.39 is 5.60 Å². The van der Waals surface area contributed by atoms with Crippen molar-refractivity contribution in [3.05, 3.63) is 35.9 Å². The highest BCUT2D eigenvalue weighted by molar-refractivity contribution is 5.67. The first kappa shape index (κ1) is 18.5. The third kappa shape index (κ3) is 6.94. The zero-order valence-corrected chi connectivity index (χ0v) is 14.7. The summed E-state index contributed by atoms with van der Waals surface area (Å²) in [5.41, 5.74) is 0.806. The Morgan fingerprint density at radius 1 is 1.23 bits per heavy atom. The van der Waals surface area contributed by atoms with E-state index >= 15 is 0 Å². The second-order valence-corrected chi connectivity index (χ2v) is 7.09. The van der Waals surface area contributed by atoms with Crippen LogP contribution in [0.3, 0.4) is 0 Å². The molecule has 1 rings (SSSR count). The second-order valence-electron chi connectivity index (χ2n) is 7.09. The van der Waals surface area contributed by atoms with Crippen molar-refractivity contribution in [3.63, 3.8) is 0 Å². The Bertz CT molecular complexity index is 452. The molecule has 0 spiro atoms. The lowest BCUT2D eigenvalue weighted by atomic mass is 10.0. The van der Waals surface area contributed by atoms with Crippen molar-refractivity contribution in [2.75, 3.05) is 13.6 Å². The molecule has 0 radical (unpaired) electrons. The van der Waals surface area contributed by atoms with Gasteiger partial charge in [-0.3, -0.25) is 4.90 Å². The average molecular weight is 306 g/mol. The molecule has 0 saturated carbocycles. The summed E-state index contributed by atoms with van der Waals surface area (Å²) in [6.07, 6.45) is -0.355. The third-order valence-corrected chi connectivity index (χ3v) is 3.46. The van der Waals surface area contributed by atoms with Crippen LogP contribution in [0.4, 0.5) is 4.79 Å². The number of benzene rings is 1. The van der Waals surface area contributed by atoms with Gasteiger partial charge in [0.05, 0.1) is 0 Å². The highest BCUT2D eigenvalue weighted by Gasteiger charge is 2.21. The highest BCUT2D eigenvalue weighted by atomic mass is 16.6. The fraction of sp³-hybridized carbons (Fsp3) is 0.611. The van der Waals surface area contributed by atoms with Crippen LogP contribution in [-0.4, -0.2) is 36.2 Å². The van der Waals surface area contributed by atoms with E-state index in [1.807, 2.05) is 39.0 Å². The van der Waals surface area contributed by atoms with E-state index in [0.717, 1.165) is 6.54 Å². The summed E-state index contributed by atoms with van der Waals surface area (Å²) in [4.78, 5) is 14.1. The molecule has 0 aliphatic carbocycles. The summed E-state index contributed by atoms with van der Waals surface area (Å²) >= 11 is 0. The Morgan fingerprint density at radius 2 is 1.82 bits per heavy atom. The topological polar surface area (TPSA) is 41.6 Å². The van der Waals surface area contributed by atoms with Gasteiger partial charge in [0.25, 0.3) is 0 Å². The Morgan fingerprint density at radius 3 is 2.32 bits per heavy atom. The van der Waals surface area contributed by atoms with Crippen LogP contribution in [0.15, 0.2) is 30.3 Å². The van der Waals surface area contributed by atoms with Crippen LogP contribution in [0.5, 0.6) is 0 Å². The van der Waals surface area contributed by atoms with E-state index in [0.29, 0.717) is 12.5 Å². The normalized spacial score (nSPS) is 13.3. The van der Waals surface area contributed by atoms with Gasteiger partial charge >= 0.3 is 6.09 Å². The van der Waals surface area contributed by atoms with Gasteiger partial charge < -0.3 is 10.1 Å². The summed E-state index contributed by atoms with van der Waals surface area (Å²) in [5.74, 6) is 0.434. The van der Waals surface area contributed by atoms with E-state index in [2.05, 4.69) is 43.2 Å². The molecule has 4 heteroatoms. The minimum Gasteiger partial charge on any atom is -0.444 e. The van der Waals surface area contributed by atoms with Crippen LogP contribution in [0.2, 0.25) is 0 Å². The van der Waals surface area contributed by atoms with Gasteiger partial charge in [-0.1, -0.05) is 44.2 Å². The maximum absolute atomic E-state index is 11.8. The molecule has 1 N–H and O–H groups in total. The van der Waals surface area contributed by atoms with Gasteiger partial charge in [-0.25, -0.2) is 4.79 Å². The summed E-state index contributed by atoms with van der Waals surface area (Å²) in [6, 6.07) is 10.6. The summed E-state index contributed by atoms with van der Waals surface area (Å²) in [7, 11) is 2.09. The van der Waals surface area contributed by atoms with E-state index in [1.54, 1.807) is 0 Å². The number of carbonyl (C=O) groups is 1. The number of hydrogen-bond donors (Lipinski definition) is 1. The van der Waals surface area contributed by atoms with Crippen molar-refractivity contribution in [1.29, 1.82) is 0 Å². The lowest BCUT2D eigenvalue weighted by Crippen LogP contribution is -2.45. The van der Waals surface area contributed by atoms with Crippen LogP contribution < -0.4 is 5.32 Å². The molecule has 124 valence electrons. The molecule has 0 bridgehead atoms. The van der Waals surface area contributed by atoms with Gasteiger partial charge in [0.15, 0.2) is 0 Å². The molecular formula is C18H30N2O2. The maximum atomic E-state index is 11.8. The van der Waals surface area contributed by atoms with Crippen molar-refractivity contribution < 1.29 is 9.53 Å². The van der Waals surface area contributed by atoms with E-state index in [-0.39, 0.29) is 12.1 Å². The third-order valence-electron chi connectivity index (χ3n) is 3.46. The molecule has 0 fully saturated rings. The predicted octanol–water partition coefficient (Wildman–Crippen LogP) is 3.67. The molecule has 4 nitrogen and oxygen atoms in total. The van der Waals surface area contributed by atoms with Crippen LogP contribution in [0.25, 0.3) is 0 Å². The van der Waals surface area contributed by atoms with Crippen molar-refractivity contribution >= 4 is 6.09 Å². The summed E-state index contributed by atoms with van der Waals surface area (Å²) in [6.45, 7) is 11.4. The Labute approximate surface area is 134 Å². The predicted molar refractivity (Wildman–Crippen MR) is 90.8 cm³/mol. The number of likely N-dealkylation sites (N-methyl/N-ethyl adjacent to an activating group) is 1. The fourth-order valence-electron chi connectivity index (χ4n) is 2.39. The van der Waals surface area contributed by atoms with E-state index in [9.17, 15) is 4.79 Å². The fourth-order valence-corrected chi connectivity index (χ4v) is 2.39. The van der Waals surface area contributed by atoms with Crippen molar-refractivity contribution in [2.45, 2.75) is 52.8 Å². The number of alkyl carbamates (subject to hydrolysis) is 1. The van der Waals surface area contributed by atoms with Gasteiger partial charge in [0.2, 0.25) is 0 Å². The van der Waals surface area contributed by atoms with Gasteiger partial charge in [-0.2, -0.15) is 0 Å². The first-order valence-electron chi connectivity index (χ1n) is 7.90. The van der Waals surface area contributed by atoms with Crippen molar-refractivity contribution in [2.24, 2.45) is 5.92 Å². The number of rotatable bonds is 6. The molecule has 0 heterocycles. The van der Waals surface area contributed by atoms with Crippen molar-refractivity contribution in [3.8, 4) is 0 Å². The highest BCUT2D eigenvalue weighted by Crippen LogP contribution is 2.13. The molecule has 22 heavy (non-hydrogen) atoms. The van der Waals surface area contributed by atoms with Gasteiger partial charge in [0, 0.05) is 19.1 Å². The van der Waals surface area contributed by atoms with Crippen LogP contribution in [-0.2, 0) is 11.3 Å². The number of nitrogens with zero attached hydrogens (tertiary/aromatic N) is 1. The molecule has 1 amide bonds. The van der Waals surface area contributed by atoms with Crippen LogP contribution in [0.1, 0.15) is 40.2 Å². The lowest BCUT2D eigenvalue weighted by Gasteiger charge is -2.32. The average Bonchev–Trinajstić information content (AvgIpc) is 2.37. The minimum absolute atomic E-state index is 0.257. The monoisotopic (exact) mass is 306 g/mol. The first-order valence-corrected chi connectivity index (χ1v) is 7.90. The number of nitrogens with one attached hydrogen (secondary N) is 1. The van der Waals surface area contributed by atoms with Gasteiger partial charge in [-0.15, -0.1) is 0 Å². The number of ether oxygens (including phenoxy) is 1. The van der Waals surface area contributed by atoms with Crippen molar-refractivity contribution in [1.82, 2.24) is 10.2 Å². The standard InChI is InChI=1S/C18H30N2O2/c1-14(2)16(12-19-17(21)22-18(3,4)5)20(6)13-15-10-8-7-9-11-15/h7-11,14,16H,12-13H2,1-6H3,(H,19,21). The molecule has 0 aromatic heterocycles. The Kier molecular flexibility index (Phi) is 6.88. The number of amides is 1. The zero-order chi connectivity index (χ0) is 16.8. The lowest BCUT2D eigenvalue weighted by molar-refractivity contribution is 0.0501. The number of hydrogen-bond acceptors (Lipinski definition) is 3. The molecule has 1 atom stereocenters. The summed E-state index contributed by atoms with van der Waals surface area (Å²) < 4.78 is 5.30. The second kappa shape index (κ2) is 8.18. The van der Waals surface area contributed by atoms with Gasteiger partial charge in [-0.05, 0) is 39.3 Å². The molecular weight excluding hydrogens is 276 g/mol. The molecule has 1 aromatic carbocycles. The molecule has 1 aromatic rings. The van der Waals surface area contributed by atoms with Crippen LogP contribution >= 0.6 is 0 Å². The van der Waals surface area contributed by atoms with Crippen LogP contribution in [0, 0.1) is 5.92 Å². The SMILES string of the molecule is CC(C)C(CNC(=O)OC(C)(C)C)N(C)Cc1ccccc1. The quantitative estimate of drug-likeness (QED) is 0.872. The molecule has 0 aliphatic heterocycles. The van der Waals surface area contributed by atoms with E-state index in [4.69, 9.17) is 4.74 Å².